The van der Waals surface area contributed by atoms with Crippen LogP contribution in [0.2, 0.25) is 0 Å². The molecule has 112 valence electrons. The lowest BCUT2D eigenvalue weighted by Gasteiger charge is -2.23. The molecule has 0 spiro atoms. The van der Waals surface area contributed by atoms with E-state index in [1.165, 1.54) is 0 Å². The molecule has 1 aliphatic heterocycles. The average molecular weight is 295 g/mol. The molecule has 2 amide bonds. The summed E-state index contributed by atoms with van der Waals surface area (Å²) >= 11 is 0. The van der Waals surface area contributed by atoms with Gasteiger partial charge in [0.15, 0.2) is 0 Å². The van der Waals surface area contributed by atoms with Crippen LogP contribution in [0.5, 0.6) is 0 Å². The first-order valence-corrected chi connectivity index (χ1v) is 7.29. The van der Waals surface area contributed by atoms with Crippen molar-refractivity contribution in [1.82, 2.24) is 4.90 Å². The Morgan fingerprint density at radius 2 is 2.05 bits per heavy atom. The van der Waals surface area contributed by atoms with E-state index >= 15 is 0 Å². The first kappa shape index (κ1) is 14.4. The number of amides is 2. The molecule has 0 unspecified atom stereocenters. The standard InChI is InChI=1S/C17H17N3O2/c1-11-16(21)8-9-20(11)17(22)19-15-7-6-12(10-18)13-4-2-3-5-14(13)15/h2-7,11,16,21H,8-9H2,1H3,(H,19,22)/t11-,16-/m1/s1. The van der Waals surface area contributed by atoms with Crippen LogP contribution < -0.4 is 5.32 Å². The molecule has 1 aliphatic rings. The average Bonchev–Trinajstić information content (AvgIpc) is 2.87. The quantitative estimate of drug-likeness (QED) is 0.849. The van der Waals surface area contributed by atoms with Gasteiger partial charge in [0.05, 0.1) is 29.5 Å². The highest BCUT2D eigenvalue weighted by Crippen LogP contribution is 2.27. The Bertz CT molecular complexity index is 766. The van der Waals surface area contributed by atoms with E-state index in [2.05, 4.69) is 11.4 Å². The molecule has 2 aromatic carbocycles. The number of nitriles is 1. The van der Waals surface area contributed by atoms with Gasteiger partial charge in [-0.3, -0.25) is 0 Å². The SMILES string of the molecule is C[C@@H]1[C@H](O)CCN1C(=O)Nc1ccc(C#N)c2ccccc12. The molecule has 3 rings (SSSR count). The second-order valence-corrected chi connectivity index (χ2v) is 5.54. The normalized spacial score (nSPS) is 20.9. The van der Waals surface area contributed by atoms with Crippen LogP contribution in [0.1, 0.15) is 18.9 Å². The van der Waals surface area contributed by atoms with Crippen molar-refractivity contribution in [3.05, 3.63) is 42.0 Å². The third-order valence-corrected chi connectivity index (χ3v) is 4.26. The number of aliphatic hydroxyl groups excluding tert-OH is 1. The van der Waals surface area contributed by atoms with E-state index in [1.807, 2.05) is 31.2 Å². The first-order valence-electron chi connectivity index (χ1n) is 7.29. The summed E-state index contributed by atoms with van der Waals surface area (Å²) in [7, 11) is 0. The topological polar surface area (TPSA) is 76.4 Å². The van der Waals surface area contributed by atoms with E-state index in [9.17, 15) is 15.2 Å². The van der Waals surface area contributed by atoms with E-state index in [0.29, 0.717) is 24.2 Å². The van der Waals surface area contributed by atoms with Crippen LogP contribution in [0.4, 0.5) is 10.5 Å². The predicted molar refractivity (Wildman–Crippen MR) is 84.5 cm³/mol. The fraction of sp³-hybridized carbons (Fsp3) is 0.294. The molecule has 1 saturated heterocycles. The zero-order chi connectivity index (χ0) is 15.7. The molecule has 0 aliphatic carbocycles. The van der Waals surface area contributed by atoms with Gasteiger partial charge in [0.2, 0.25) is 0 Å². The van der Waals surface area contributed by atoms with E-state index < -0.39 is 6.10 Å². The third-order valence-electron chi connectivity index (χ3n) is 4.26. The molecule has 5 nitrogen and oxygen atoms in total. The summed E-state index contributed by atoms with van der Waals surface area (Å²) in [4.78, 5) is 14.0. The Morgan fingerprint density at radius 3 is 2.68 bits per heavy atom. The lowest BCUT2D eigenvalue weighted by molar-refractivity contribution is 0.135. The van der Waals surface area contributed by atoms with Crippen molar-refractivity contribution >= 4 is 22.5 Å². The number of urea groups is 1. The summed E-state index contributed by atoms with van der Waals surface area (Å²) in [5, 5.41) is 23.5. The Kier molecular flexibility index (Phi) is 3.70. The highest BCUT2D eigenvalue weighted by Gasteiger charge is 2.32. The Balaban J connectivity index is 1.92. The van der Waals surface area contributed by atoms with Crippen LogP contribution >= 0.6 is 0 Å². The van der Waals surface area contributed by atoms with Gasteiger partial charge in [-0.2, -0.15) is 5.26 Å². The molecule has 5 heteroatoms. The fourth-order valence-corrected chi connectivity index (χ4v) is 2.90. The molecule has 0 bridgehead atoms. The number of fused-ring (bicyclic) bond motifs is 1. The molecule has 0 aromatic heterocycles. The van der Waals surface area contributed by atoms with Crippen LogP contribution in [0, 0.1) is 11.3 Å². The minimum Gasteiger partial charge on any atom is -0.391 e. The summed E-state index contributed by atoms with van der Waals surface area (Å²) in [6.45, 7) is 2.39. The highest BCUT2D eigenvalue weighted by molar-refractivity contribution is 6.03. The minimum absolute atomic E-state index is 0.190. The van der Waals surface area contributed by atoms with Crippen molar-refractivity contribution in [1.29, 1.82) is 5.26 Å². The van der Waals surface area contributed by atoms with Crippen LogP contribution in [-0.4, -0.2) is 34.7 Å². The van der Waals surface area contributed by atoms with E-state index in [-0.39, 0.29) is 12.1 Å². The van der Waals surface area contributed by atoms with E-state index in [0.717, 1.165) is 10.8 Å². The van der Waals surface area contributed by atoms with Gasteiger partial charge in [-0.1, -0.05) is 24.3 Å². The number of anilines is 1. The lowest BCUT2D eigenvalue weighted by Crippen LogP contribution is -2.40. The molecule has 2 atom stereocenters. The van der Waals surface area contributed by atoms with Crippen molar-refractivity contribution in [2.75, 3.05) is 11.9 Å². The Labute approximate surface area is 128 Å². The van der Waals surface area contributed by atoms with Gasteiger partial charge < -0.3 is 15.3 Å². The number of carbonyl (C=O) groups excluding carboxylic acids is 1. The second-order valence-electron chi connectivity index (χ2n) is 5.54. The van der Waals surface area contributed by atoms with Gasteiger partial charge in [0.1, 0.15) is 0 Å². The number of rotatable bonds is 1. The zero-order valence-corrected chi connectivity index (χ0v) is 12.3. The zero-order valence-electron chi connectivity index (χ0n) is 12.3. The molecular formula is C17H17N3O2. The summed E-state index contributed by atoms with van der Waals surface area (Å²) in [6, 6.07) is 12.7. The molecule has 1 fully saturated rings. The van der Waals surface area contributed by atoms with Crippen molar-refractivity contribution in [2.24, 2.45) is 0 Å². The van der Waals surface area contributed by atoms with Crippen LogP contribution in [0.3, 0.4) is 0 Å². The van der Waals surface area contributed by atoms with Gasteiger partial charge in [-0.15, -0.1) is 0 Å². The molecular weight excluding hydrogens is 278 g/mol. The Morgan fingerprint density at radius 1 is 1.32 bits per heavy atom. The van der Waals surface area contributed by atoms with Gasteiger partial charge in [0, 0.05) is 17.3 Å². The maximum atomic E-state index is 12.4. The number of nitrogens with zero attached hydrogens (tertiary/aromatic N) is 2. The molecule has 0 saturated carbocycles. The number of hydrogen-bond donors (Lipinski definition) is 2. The summed E-state index contributed by atoms with van der Waals surface area (Å²) in [5.41, 5.74) is 1.26. The smallest absolute Gasteiger partial charge is 0.322 e. The molecule has 0 radical (unpaired) electrons. The number of benzene rings is 2. The molecule has 2 aromatic rings. The van der Waals surface area contributed by atoms with E-state index in [4.69, 9.17) is 0 Å². The largest absolute Gasteiger partial charge is 0.391 e. The predicted octanol–water partition coefficient (Wildman–Crippen LogP) is 2.70. The van der Waals surface area contributed by atoms with Crippen LogP contribution in [0.15, 0.2) is 36.4 Å². The van der Waals surface area contributed by atoms with Gasteiger partial charge in [-0.05, 0) is 25.5 Å². The van der Waals surface area contributed by atoms with Crippen LogP contribution in [0.25, 0.3) is 10.8 Å². The number of aliphatic hydroxyl groups is 1. The highest BCUT2D eigenvalue weighted by atomic mass is 16.3. The minimum atomic E-state index is -0.469. The number of carbonyl (C=O) groups is 1. The van der Waals surface area contributed by atoms with Gasteiger partial charge in [-0.25, -0.2) is 4.79 Å². The number of nitrogens with one attached hydrogen (secondary N) is 1. The van der Waals surface area contributed by atoms with Gasteiger partial charge in [0.25, 0.3) is 0 Å². The van der Waals surface area contributed by atoms with Crippen molar-refractivity contribution in [3.8, 4) is 6.07 Å². The van der Waals surface area contributed by atoms with E-state index in [1.54, 1.807) is 17.0 Å². The van der Waals surface area contributed by atoms with Crippen molar-refractivity contribution in [3.63, 3.8) is 0 Å². The maximum absolute atomic E-state index is 12.4. The number of hydrogen-bond acceptors (Lipinski definition) is 3. The summed E-state index contributed by atoms with van der Waals surface area (Å²) in [6.07, 6.45) is 0.131. The van der Waals surface area contributed by atoms with Crippen molar-refractivity contribution in [2.45, 2.75) is 25.5 Å². The molecule has 1 heterocycles. The van der Waals surface area contributed by atoms with Crippen LogP contribution in [-0.2, 0) is 0 Å². The molecule has 22 heavy (non-hydrogen) atoms. The second kappa shape index (κ2) is 5.66. The third kappa shape index (κ3) is 2.38. The number of likely N-dealkylation sites (tertiary alicyclic amines) is 1. The molecule has 2 N–H and O–H groups in total. The maximum Gasteiger partial charge on any atom is 0.322 e. The Hall–Kier alpha value is -2.58. The van der Waals surface area contributed by atoms with Gasteiger partial charge >= 0.3 is 6.03 Å². The first-order chi connectivity index (χ1) is 10.6. The fourth-order valence-electron chi connectivity index (χ4n) is 2.90. The monoisotopic (exact) mass is 295 g/mol. The van der Waals surface area contributed by atoms with Crippen molar-refractivity contribution < 1.29 is 9.90 Å². The summed E-state index contributed by atoms with van der Waals surface area (Å²) in [5.74, 6) is 0. The lowest BCUT2D eigenvalue weighted by atomic mass is 10.0. The summed E-state index contributed by atoms with van der Waals surface area (Å²) < 4.78 is 0.